The van der Waals surface area contributed by atoms with Crippen LogP contribution in [0.3, 0.4) is 0 Å². The summed E-state index contributed by atoms with van der Waals surface area (Å²) in [6.07, 6.45) is 7.10. The molecule has 5 aliphatic rings. The molecule has 48 heavy (non-hydrogen) atoms. The van der Waals surface area contributed by atoms with E-state index in [2.05, 4.69) is 10.0 Å². The molecule has 15 heteroatoms. The van der Waals surface area contributed by atoms with Gasteiger partial charge in [-0.3, -0.25) is 24.0 Å². The zero-order valence-electron chi connectivity index (χ0n) is 27.1. The van der Waals surface area contributed by atoms with Crippen LogP contribution < -0.4 is 15.8 Å². The Kier molecular flexibility index (Phi) is 9.83. The summed E-state index contributed by atoms with van der Waals surface area (Å²) >= 11 is 0. The zero-order valence-corrected chi connectivity index (χ0v) is 27.9. The molecule has 0 radical (unpaired) electrons. The van der Waals surface area contributed by atoms with Gasteiger partial charge in [-0.1, -0.05) is 37.1 Å². The van der Waals surface area contributed by atoms with E-state index in [0.29, 0.717) is 36.8 Å². The van der Waals surface area contributed by atoms with Gasteiger partial charge in [0.25, 0.3) is 5.91 Å². The fraction of sp³-hybridized carbons (Fsp3) is 0.636. The maximum atomic E-state index is 14.6. The van der Waals surface area contributed by atoms with E-state index in [9.17, 15) is 32.0 Å². The van der Waals surface area contributed by atoms with Crippen molar-refractivity contribution in [1.29, 1.82) is 0 Å². The van der Waals surface area contributed by atoms with Crippen LogP contribution in [-0.2, 0) is 40.3 Å². The van der Waals surface area contributed by atoms with E-state index in [1.807, 2.05) is 12.2 Å². The summed E-state index contributed by atoms with van der Waals surface area (Å²) in [6, 6.07) is 2.10. The SMILES string of the molecule is COCC1c2cccc(F)c2CCN1C(=O)O[C@@H]1C[C@H]2C(=O)N[C@]3(C(=O)NS(=O)(=O)C4CC4)C[C@H]3C=CCCCCC[C@H](N)C(=O)N2C1. The summed E-state index contributed by atoms with van der Waals surface area (Å²) in [4.78, 5) is 57.5. The van der Waals surface area contributed by atoms with Gasteiger partial charge in [-0.15, -0.1) is 0 Å². The molecule has 4 N–H and O–H groups in total. The Morgan fingerprint density at radius 1 is 1.17 bits per heavy atom. The third kappa shape index (κ3) is 6.95. The average Bonchev–Trinajstić information content (AvgIpc) is 3.97. The van der Waals surface area contributed by atoms with E-state index < -0.39 is 74.8 Å². The van der Waals surface area contributed by atoms with E-state index in [-0.39, 0.29) is 44.8 Å². The van der Waals surface area contributed by atoms with Gasteiger partial charge in [0.15, 0.2) is 0 Å². The Hall–Kier alpha value is -3.56. The van der Waals surface area contributed by atoms with Crippen LogP contribution in [0.2, 0.25) is 0 Å². The fourth-order valence-corrected chi connectivity index (χ4v) is 8.58. The quantitative estimate of drug-likeness (QED) is 0.376. The molecule has 2 aliphatic carbocycles. The summed E-state index contributed by atoms with van der Waals surface area (Å²) in [5.41, 5.74) is 5.96. The largest absolute Gasteiger partial charge is 0.444 e. The van der Waals surface area contributed by atoms with Gasteiger partial charge in [0, 0.05) is 26.0 Å². The number of hydrogen-bond acceptors (Lipinski definition) is 9. The van der Waals surface area contributed by atoms with E-state index in [0.717, 1.165) is 19.3 Å². The van der Waals surface area contributed by atoms with Crippen molar-refractivity contribution in [2.24, 2.45) is 11.7 Å². The van der Waals surface area contributed by atoms with Gasteiger partial charge in [0.1, 0.15) is 23.5 Å². The zero-order chi connectivity index (χ0) is 34.2. The predicted octanol–water partition coefficient (Wildman–Crippen LogP) is 1.81. The summed E-state index contributed by atoms with van der Waals surface area (Å²) in [5, 5.41) is 2.17. The first kappa shape index (κ1) is 34.3. The molecule has 1 aromatic carbocycles. The van der Waals surface area contributed by atoms with E-state index in [4.69, 9.17) is 15.2 Å². The lowest BCUT2D eigenvalue weighted by atomic mass is 9.93. The van der Waals surface area contributed by atoms with Gasteiger partial charge in [-0.05, 0) is 62.1 Å². The number of benzene rings is 1. The first-order valence-electron chi connectivity index (χ1n) is 16.8. The molecule has 6 rings (SSSR count). The molecule has 0 aromatic heterocycles. The molecule has 13 nitrogen and oxygen atoms in total. The number of nitrogens with two attached hydrogens (primary N) is 1. The average molecular weight is 690 g/mol. The number of halogens is 1. The van der Waals surface area contributed by atoms with E-state index in [1.54, 1.807) is 12.1 Å². The van der Waals surface area contributed by atoms with Crippen molar-refractivity contribution in [3.63, 3.8) is 0 Å². The lowest BCUT2D eigenvalue weighted by Gasteiger charge is -2.36. The summed E-state index contributed by atoms with van der Waals surface area (Å²) in [5.74, 6) is -2.70. The smallest absolute Gasteiger partial charge is 0.410 e. The molecule has 1 aromatic rings. The van der Waals surface area contributed by atoms with Gasteiger partial charge < -0.3 is 25.4 Å². The molecule has 0 spiro atoms. The Morgan fingerprint density at radius 3 is 2.71 bits per heavy atom. The number of allylic oxidation sites excluding steroid dienone is 1. The first-order valence-corrected chi connectivity index (χ1v) is 18.3. The third-order valence-electron chi connectivity index (χ3n) is 10.2. The molecule has 1 unspecified atom stereocenters. The Labute approximate surface area is 279 Å². The molecule has 3 aliphatic heterocycles. The minimum absolute atomic E-state index is 0.0530. The highest BCUT2D eigenvalue weighted by Gasteiger charge is 2.62. The number of carbonyl (C=O) groups excluding carboxylic acids is 4. The standard InChI is InChI=1S/C33H44FN5O8S/c1-46-19-28-24-9-7-10-25(34)23(24)14-15-38(28)32(43)47-21-16-27-29(40)36-33(31(42)37-48(44,45)22-12-13-22)17-20(33)8-5-3-2-4-6-11-26(35)30(41)39(27)18-21/h5,7-10,20-22,26-28H,2-4,6,11-19,35H2,1H3,(H,36,40)(H,37,42)/t20-,21-,26+,27+,28?,33-/m1/s1. The van der Waals surface area contributed by atoms with Gasteiger partial charge in [-0.2, -0.15) is 0 Å². The highest BCUT2D eigenvalue weighted by Crippen LogP contribution is 2.46. The number of carbonyl (C=O) groups is 4. The van der Waals surface area contributed by atoms with E-state index in [1.165, 1.54) is 23.0 Å². The molecule has 1 saturated heterocycles. The number of nitrogens with zero attached hydrogens (tertiary/aromatic N) is 2. The second-order valence-corrected chi connectivity index (χ2v) is 15.6. The number of sulfonamides is 1. The molecule has 2 saturated carbocycles. The Bertz CT molecular complexity index is 1590. The molecule has 3 fully saturated rings. The number of hydrogen-bond donors (Lipinski definition) is 3. The van der Waals surface area contributed by atoms with Crippen LogP contribution in [0.15, 0.2) is 30.4 Å². The highest BCUT2D eigenvalue weighted by atomic mass is 32.2. The predicted molar refractivity (Wildman–Crippen MR) is 171 cm³/mol. The molecular formula is C33H44FN5O8S. The molecule has 6 atom stereocenters. The first-order chi connectivity index (χ1) is 22.9. The normalized spacial score (nSPS) is 31.0. The lowest BCUT2D eigenvalue weighted by Crippen LogP contribution is -2.57. The Balaban J connectivity index is 1.22. The topological polar surface area (TPSA) is 177 Å². The molecule has 262 valence electrons. The highest BCUT2D eigenvalue weighted by molar-refractivity contribution is 7.91. The number of rotatable bonds is 6. The van der Waals surface area contributed by atoms with Crippen molar-refractivity contribution in [1.82, 2.24) is 19.8 Å². The number of ether oxygens (including phenoxy) is 2. The van der Waals surface area contributed by atoms with Gasteiger partial charge in [0.05, 0.1) is 30.5 Å². The maximum absolute atomic E-state index is 14.6. The van der Waals surface area contributed by atoms with Crippen LogP contribution in [0.5, 0.6) is 0 Å². The minimum Gasteiger partial charge on any atom is -0.444 e. The van der Waals surface area contributed by atoms with Crippen molar-refractivity contribution < 1.29 is 41.5 Å². The van der Waals surface area contributed by atoms with Crippen LogP contribution in [0.4, 0.5) is 9.18 Å². The summed E-state index contributed by atoms with van der Waals surface area (Å²) in [7, 11) is -2.39. The molecule has 4 amide bonds. The minimum atomic E-state index is -3.87. The van der Waals surface area contributed by atoms with Crippen molar-refractivity contribution >= 4 is 33.8 Å². The Morgan fingerprint density at radius 2 is 1.96 bits per heavy atom. The number of methoxy groups -OCH3 is 1. The fourth-order valence-electron chi connectivity index (χ4n) is 7.22. The van der Waals surface area contributed by atoms with Gasteiger partial charge in [-0.25, -0.2) is 17.6 Å². The van der Waals surface area contributed by atoms with Crippen LogP contribution in [0, 0.1) is 11.7 Å². The third-order valence-corrected chi connectivity index (χ3v) is 12.0. The van der Waals surface area contributed by atoms with Crippen molar-refractivity contribution in [3.05, 3.63) is 47.3 Å². The summed E-state index contributed by atoms with van der Waals surface area (Å²) < 4.78 is 53.4. The van der Waals surface area contributed by atoms with Crippen molar-refractivity contribution in [2.45, 2.75) is 99.2 Å². The van der Waals surface area contributed by atoms with Crippen LogP contribution in [0.25, 0.3) is 0 Å². The van der Waals surface area contributed by atoms with Crippen LogP contribution in [0.1, 0.15) is 75.0 Å². The van der Waals surface area contributed by atoms with Crippen molar-refractivity contribution in [3.8, 4) is 0 Å². The van der Waals surface area contributed by atoms with Crippen LogP contribution in [-0.4, -0.2) is 97.8 Å². The van der Waals surface area contributed by atoms with Gasteiger partial charge in [0.2, 0.25) is 21.8 Å². The van der Waals surface area contributed by atoms with Crippen LogP contribution >= 0.6 is 0 Å². The number of nitrogens with one attached hydrogen (secondary N) is 2. The number of amides is 4. The lowest BCUT2D eigenvalue weighted by molar-refractivity contribution is -0.140. The second kappa shape index (κ2) is 13.7. The molecule has 0 bridgehead atoms. The monoisotopic (exact) mass is 689 g/mol. The summed E-state index contributed by atoms with van der Waals surface area (Å²) in [6.45, 7) is 0.196. The van der Waals surface area contributed by atoms with Gasteiger partial charge >= 0.3 is 6.09 Å². The maximum Gasteiger partial charge on any atom is 0.410 e. The van der Waals surface area contributed by atoms with Crippen molar-refractivity contribution in [2.75, 3.05) is 26.8 Å². The molecular weight excluding hydrogens is 645 g/mol. The second-order valence-electron chi connectivity index (χ2n) is 13.6. The number of fused-ring (bicyclic) bond motifs is 3. The van der Waals surface area contributed by atoms with E-state index >= 15 is 0 Å². The molecule has 3 heterocycles.